The van der Waals surface area contributed by atoms with E-state index in [-0.39, 0.29) is 12.7 Å². The van der Waals surface area contributed by atoms with Gasteiger partial charge in [-0.25, -0.2) is 9.97 Å². The third kappa shape index (κ3) is 3.74. The predicted molar refractivity (Wildman–Crippen MR) is 73.6 cm³/mol. The Morgan fingerprint density at radius 1 is 1.32 bits per heavy atom. The van der Waals surface area contributed by atoms with Crippen molar-refractivity contribution in [3.63, 3.8) is 0 Å². The van der Waals surface area contributed by atoms with Crippen LogP contribution in [0, 0.1) is 12.8 Å². The molecule has 1 fully saturated rings. The van der Waals surface area contributed by atoms with E-state index >= 15 is 0 Å². The van der Waals surface area contributed by atoms with Crippen molar-refractivity contribution in [1.29, 1.82) is 0 Å². The zero-order chi connectivity index (χ0) is 13.7. The first-order chi connectivity index (χ1) is 9.24. The van der Waals surface area contributed by atoms with Gasteiger partial charge in [0.2, 0.25) is 0 Å². The number of aliphatic hydroxyl groups excluding tert-OH is 1. The molecule has 0 amide bonds. The van der Waals surface area contributed by atoms with E-state index in [9.17, 15) is 5.11 Å². The second-order valence-corrected chi connectivity index (χ2v) is 5.29. The fourth-order valence-electron chi connectivity index (χ4n) is 2.90. The van der Waals surface area contributed by atoms with Crippen LogP contribution in [0.1, 0.15) is 62.3 Å². The number of hydrogen-bond donors (Lipinski definition) is 1. The van der Waals surface area contributed by atoms with E-state index in [1.165, 1.54) is 32.1 Å². The molecule has 0 bridgehead atoms. The minimum atomic E-state index is -0.0418. The first-order valence-corrected chi connectivity index (χ1v) is 7.31. The topological polar surface area (TPSA) is 55.2 Å². The van der Waals surface area contributed by atoms with E-state index in [0.717, 1.165) is 11.5 Å². The minimum absolute atomic E-state index is 0.0181. The predicted octanol–water partition coefficient (Wildman–Crippen LogP) is 2.94. The van der Waals surface area contributed by atoms with Gasteiger partial charge in [0.1, 0.15) is 6.10 Å². The largest absolute Gasteiger partial charge is 0.390 e. The van der Waals surface area contributed by atoms with E-state index in [0.29, 0.717) is 18.2 Å². The Kier molecular flexibility index (Phi) is 5.28. The van der Waals surface area contributed by atoms with E-state index in [4.69, 9.17) is 4.74 Å². The van der Waals surface area contributed by atoms with Gasteiger partial charge in [-0.15, -0.1) is 0 Å². The van der Waals surface area contributed by atoms with Crippen molar-refractivity contribution in [3.05, 3.63) is 23.3 Å². The second kappa shape index (κ2) is 6.96. The van der Waals surface area contributed by atoms with Gasteiger partial charge in [-0.05, 0) is 38.7 Å². The third-order valence-electron chi connectivity index (χ3n) is 3.77. The minimum Gasteiger partial charge on any atom is -0.390 e. The molecule has 1 N–H and O–H groups in total. The number of ether oxygens (including phenoxy) is 1. The van der Waals surface area contributed by atoms with Gasteiger partial charge in [0.25, 0.3) is 0 Å². The zero-order valence-corrected chi connectivity index (χ0v) is 11.9. The molecular weight excluding hydrogens is 240 g/mol. The van der Waals surface area contributed by atoms with Crippen LogP contribution >= 0.6 is 0 Å². The summed E-state index contributed by atoms with van der Waals surface area (Å²) in [6, 6.07) is 1.83. The number of aryl methyl sites for hydroxylation is 1. The van der Waals surface area contributed by atoms with Crippen molar-refractivity contribution in [2.75, 3.05) is 6.61 Å². The molecule has 1 saturated carbocycles. The molecule has 0 spiro atoms. The van der Waals surface area contributed by atoms with E-state index in [1.54, 1.807) is 0 Å². The summed E-state index contributed by atoms with van der Waals surface area (Å²) in [6.45, 7) is 4.58. The van der Waals surface area contributed by atoms with Crippen molar-refractivity contribution in [2.45, 2.75) is 58.7 Å². The smallest absolute Gasteiger partial charge is 0.157 e. The van der Waals surface area contributed by atoms with Crippen molar-refractivity contribution in [3.8, 4) is 0 Å². The SMILES string of the molecule is CCOC(c1nc(C)cc(CO)n1)C1CCCCC1. The Morgan fingerprint density at radius 3 is 2.68 bits per heavy atom. The van der Waals surface area contributed by atoms with Crippen LogP contribution in [-0.2, 0) is 11.3 Å². The lowest BCUT2D eigenvalue weighted by molar-refractivity contribution is -0.000559. The number of aromatic nitrogens is 2. The molecule has 1 aromatic heterocycles. The van der Waals surface area contributed by atoms with Crippen LogP contribution in [0.4, 0.5) is 0 Å². The molecule has 106 valence electrons. The van der Waals surface area contributed by atoms with Gasteiger partial charge in [-0.1, -0.05) is 19.3 Å². The highest BCUT2D eigenvalue weighted by molar-refractivity contribution is 5.11. The molecule has 0 aromatic carbocycles. The van der Waals surface area contributed by atoms with Gasteiger partial charge in [0.15, 0.2) is 5.82 Å². The maximum absolute atomic E-state index is 9.28. The summed E-state index contributed by atoms with van der Waals surface area (Å²) in [4.78, 5) is 8.99. The molecule has 4 heteroatoms. The van der Waals surface area contributed by atoms with Crippen LogP contribution in [0.25, 0.3) is 0 Å². The van der Waals surface area contributed by atoms with Crippen molar-refractivity contribution in [1.82, 2.24) is 9.97 Å². The fraction of sp³-hybridized carbons (Fsp3) is 0.733. The fourth-order valence-corrected chi connectivity index (χ4v) is 2.90. The number of aliphatic hydroxyl groups is 1. The molecule has 1 aromatic rings. The molecule has 0 aliphatic heterocycles. The van der Waals surface area contributed by atoms with Crippen LogP contribution in [0.2, 0.25) is 0 Å². The summed E-state index contributed by atoms with van der Waals surface area (Å²) in [5.41, 5.74) is 1.58. The number of nitrogens with zero attached hydrogens (tertiary/aromatic N) is 2. The highest BCUT2D eigenvalue weighted by Gasteiger charge is 2.28. The molecule has 0 saturated heterocycles. The summed E-state index contributed by atoms with van der Waals surface area (Å²) in [6.07, 6.45) is 6.23. The van der Waals surface area contributed by atoms with E-state index < -0.39 is 0 Å². The standard InChI is InChI=1S/C15H24N2O2/c1-3-19-14(12-7-5-4-6-8-12)15-16-11(2)9-13(10-18)17-15/h9,12,14,18H,3-8,10H2,1-2H3. The Hall–Kier alpha value is -1.00. The average Bonchev–Trinajstić information content (AvgIpc) is 2.45. The molecule has 0 radical (unpaired) electrons. The van der Waals surface area contributed by atoms with E-state index in [1.807, 2.05) is 19.9 Å². The lowest BCUT2D eigenvalue weighted by Crippen LogP contribution is -2.22. The van der Waals surface area contributed by atoms with Gasteiger partial charge in [0.05, 0.1) is 12.3 Å². The molecule has 19 heavy (non-hydrogen) atoms. The Bertz CT molecular complexity index is 403. The lowest BCUT2D eigenvalue weighted by atomic mass is 9.85. The molecule has 1 atom stereocenters. The van der Waals surface area contributed by atoms with Crippen LogP contribution in [0.3, 0.4) is 0 Å². The van der Waals surface area contributed by atoms with Gasteiger partial charge >= 0.3 is 0 Å². The van der Waals surface area contributed by atoms with Crippen LogP contribution in [0.5, 0.6) is 0 Å². The molecular formula is C15H24N2O2. The summed E-state index contributed by atoms with van der Waals surface area (Å²) in [5.74, 6) is 1.26. The average molecular weight is 264 g/mol. The molecule has 2 rings (SSSR count). The molecule has 4 nitrogen and oxygen atoms in total. The van der Waals surface area contributed by atoms with Crippen molar-refractivity contribution < 1.29 is 9.84 Å². The number of rotatable bonds is 5. The van der Waals surface area contributed by atoms with Gasteiger partial charge in [-0.3, -0.25) is 0 Å². The quantitative estimate of drug-likeness (QED) is 0.888. The van der Waals surface area contributed by atoms with E-state index in [2.05, 4.69) is 9.97 Å². The Balaban J connectivity index is 2.24. The van der Waals surface area contributed by atoms with Gasteiger partial charge < -0.3 is 9.84 Å². The van der Waals surface area contributed by atoms with Crippen LogP contribution in [0.15, 0.2) is 6.07 Å². The molecule has 1 unspecified atom stereocenters. The first kappa shape index (κ1) is 14.4. The molecule has 1 heterocycles. The molecule has 1 aliphatic rings. The normalized spacial score (nSPS) is 18.5. The summed E-state index contributed by atoms with van der Waals surface area (Å²) >= 11 is 0. The first-order valence-electron chi connectivity index (χ1n) is 7.31. The second-order valence-electron chi connectivity index (χ2n) is 5.29. The highest BCUT2D eigenvalue weighted by Crippen LogP contribution is 2.35. The highest BCUT2D eigenvalue weighted by atomic mass is 16.5. The van der Waals surface area contributed by atoms with Crippen LogP contribution in [-0.4, -0.2) is 21.7 Å². The summed E-state index contributed by atoms with van der Waals surface area (Å²) < 4.78 is 5.92. The summed E-state index contributed by atoms with van der Waals surface area (Å²) in [7, 11) is 0. The van der Waals surface area contributed by atoms with Crippen molar-refractivity contribution >= 4 is 0 Å². The van der Waals surface area contributed by atoms with Crippen molar-refractivity contribution in [2.24, 2.45) is 5.92 Å². The maximum Gasteiger partial charge on any atom is 0.157 e. The van der Waals surface area contributed by atoms with Crippen LogP contribution < -0.4 is 0 Å². The Morgan fingerprint density at radius 2 is 2.05 bits per heavy atom. The van der Waals surface area contributed by atoms with Gasteiger partial charge in [-0.2, -0.15) is 0 Å². The third-order valence-corrected chi connectivity index (χ3v) is 3.77. The summed E-state index contributed by atoms with van der Waals surface area (Å²) in [5, 5.41) is 9.28. The Labute approximate surface area is 115 Å². The maximum atomic E-state index is 9.28. The monoisotopic (exact) mass is 264 g/mol. The number of hydrogen-bond acceptors (Lipinski definition) is 4. The molecule has 1 aliphatic carbocycles. The lowest BCUT2D eigenvalue weighted by Gasteiger charge is -2.29. The zero-order valence-electron chi connectivity index (χ0n) is 11.9. The van der Waals surface area contributed by atoms with Gasteiger partial charge in [0, 0.05) is 12.3 Å².